The zero-order chi connectivity index (χ0) is 11.4. The van der Waals surface area contributed by atoms with E-state index in [9.17, 15) is 4.39 Å². The Morgan fingerprint density at radius 3 is 3.06 bits per heavy atom. The van der Waals surface area contributed by atoms with Crippen molar-refractivity contribution >= 4 is 11.6 Å². The van der Waals surface area contributed by atoms with Crippen molar-refractivity contribution in [3.63, 3.8) is 0 Å². The van der Waals surface area contributed by atoms with Gasteiger partial charge < -0.3 is 10.1 Å². The molecule has 0 amide bonds. The molecule has 88 valence electrons. The van der Waals surface area contributed by atoms with Crippen LogP contribution in [0.4, 0.5) is 4.39 Å². The summed E-state index contributed by atoms with van der Waals surface area (Å²) in [7, 11) is 0. The molecule has 0 saturated carbocycles. The Morgan fingerprint density at radius 2 is 2.38 bits per heavy atom. The summed E-state index contributed by atoms with van der Waals surface area (Å²) in [5, 5.41) is 3.65. The molecule has 1 atom stereocenters. The van der Waals surface area contributed by atoms with Gasteiger partial charge in [-0.3, -0.25) is 0 Å². The molecule has 2 rings (SSSR count). The minimum Gasteiger partial charge on any atom is -0.377 e. The molecule has 0 radical (unpaired) electrons. The highest BCUT2D eigenvalue weighted by molar-refractivity contribution is 6.31. The van der Waals surface area contributed by atoms with E-state index in [-0.39, 0.29) is 11.9 Å². The summed E-state index contributed by atoms with van der Waals surface area (Å²) in [6.07, 6.45) is 2.47. The highest BCUT2D eigenvalue weighted by atomic mass is 35.5. The van der Waals surface area contributed by atoms with Gasteiger partial charge in [0.05, 0.1) is 6.10 Å². The average molecular weight is 244 g/mol. The Kier molecular flexibility index (Phi) is 4.16. The van der Waals surface area contributed by atoms with Crippen LogP contribution in [0.1, 0.15) is 18.4 Å². The second-order valence-electron chi connectivity index (χ2n) is 3.97. The van der Waals surface area contributed by atoms with E-state index in [0.717, 1.165) is 26.0 Å². The number of halogens is 2. The molecular formula is C12H15ClFNO. The summed E-state index contributed by atoms with van der Waals surface area (Å²) in [4.78, 5) is 0. The molecule has 1 N–H and O–H groups in total. The van der Waals surface area contributed by atoms with Gasteiger partial charge in [-0.15, -0.1) is 0 Å². The molecular weight excluding hydrogens is 229 g/mol. The Bertz CT molecular complexity index is 333. The summed E-state index contributed by atoms with van der Waals surface area (Å²) in [5.41, 5.74) is 0.530. The van der Waals surface area contributed by atoms with E-state index in [2.05, 4.69) is 5.32 Å². The second-order valence-corrected chi connectivity index (χ2v) is 4.37. The quantitative estimate of drug-likeness (QED) is 0.878. The predicted octanol–water partition coefficient (Wildman–Crippen LogP) is 2.75. The van der Waals surface area contributed by atoms with Crippen molar-refractivity contribution in [2.24, 2.45) is 0 Å². The van der Waals surface area contributed by atoms with Crippen molar-refractivity contribution in [2.75, 3.05) is 13.2 Å². The molecule has 0 spiro atoms. The van der Waals surface area contributed by atoms with E-state index >= 15 is 0 Å². The van der Waals surface area contributed by atoms with Crippen molar-refractivity contribution in [3.05, 3.63) is 34.6 Å². The summed E-state index contributed by atoms with van der Waals surface area (Å²) in [6.45, 7) is 2.04. The fourth-order valence-corrected chi connectivity index (χ4v) is 2.09. The molecule has 0 aromatic heterocycles. The van der Waals surface area contributed by atoms with Gasteiger partial charge in [-0.1, -0.05) is 17.7 Å². The third-order valence-electron chi connectivity index (χ3n) is 2.76. The molecule has 0 unspecified atom stereocenters. The maximum Gasteiger partial charge on any atom is 0.129 e. The van der Waals surface area contributed by atoms with Crippen LogP contribution in [0.2, 0.25) is 5.02 Å². The monoisotopic (exact) mass is 243 g/mol. The van der Waals surface area contributed by atoms with Crippen LogP contribution in [-0.2, 0) is 11.3 Å². The minimum absolute atomic E-state index is 0.257. The van der Waals surface area contributed by atoms with E-state index in [1.807, 2.05) is 0 Å². The van der Waals surface area contributed by atoms with E-state index in [0.29, 0.717) is 17.1 Å². The van der Waals surface area contributed by atoms with Crippen LogP contribution in [0, 0.1) is 5.82 Å². The molecule has 4 heteroatoms. The molecule has 1 saturated heterocycles. The van der Waals surface area contributed by atoms with Crippen LogP contribution in [0.5, 0.6) is 0 Å². The number of benzene rings is 1. The van der Waals surface area contributed by atoms with Crippen molar-refractivity contribution in [1.29, 1.82) is 0 Å². The number of hydrogen-bond donors (Lipinski definition) is 1. The molecule has 16 heavy (non-hydrogen) atoms. The lowest BCUT2D eigenvalue weighted by molar-refractivity contribution is 0.110. The van der Waals surface area contributed by atoms with Crippen LogP contribution < -0.4 is 5.32 Å². The van der Waals surface area contributed by atoms with Gasteiger partial charge in [0.15, 0.2) is 0 Å². The first-order valence-corrected chi connectivity index (χ1v) is 5.90. The molecule has 0 bridgehead atoms. The summed E-state index contributed by atoms with van der Waals surface area (Å²) in [6, 6.07) is 4.74. The zero-order valence-electron chi connectivity index (χ0n) is 9.01. The van der Waals surface area contributed by atoms with Gasteiger partial charge in [0.25, 0.3) is 0 Å². The topological polar surface area (TPSA) is 21.3 Å². The maximum absolute atomic E-state index is 13.4. The van der Waals surface area contributed by atoms with Crippen molar-refractivity contribution in [3.8, 4) is 0 Å². The lowest BCUT2D eigenvalue weighted by atomic mass is 10.2. The fourth-order valence-electron chi connectivity index (χ4n) is 1.86. The third-order valence-corrected chi connectivity index (χ3v) is 3.11. The van der Waals surface area contributed by atoms with Crippen LogP contribution in [0.25, 0.3) is 0 Å². The fraction of sp³-hybridized carbons (Fsp3) is 0.500. The van der Waals surface area contributed by atoms with Crippen molar-refractivity contribution in [2.45, 2.75) is 25.5 Å². The first kappa shape index (κ1) is 11.8. The van der Waals surface area contributed by atoms with E-state index in [1.54, 1.807) is 12.1 Å². The first-order valence-electron chi connectivity index (χ1n) is 5.52. The maximum atomic E-state index is 13.4. The van der Waals surface area contributed by atoms with Gasteiger partial charge in [-0.05, 0) is 25.0 Å². The molecule has 1 aromatic rings. The predicted molar refractivity (Wildman–Crippen MR) is 62.1 cm³/mol. The van der Waals surface area contributed by atoms with E-state index in [4.69, 9.17) is 16.3 Å². The Labute approximate surface area is 99.7 Å². The SMILES string of the molecule is Fc1cccc(Cl)c1CNC[C@H]1CCCO1. The van der Waals surface area contributed by atoms with E-state index < -0.39 is 0 Å². The molecule has 1 heterocycles. The molecule has 1 aliphatic heterocycles. The second kappa shape index (κ2) is 5.62. The summed E-state index contributed by atoms with van der Waals surface area (Å²) in [5.74, 6) is -0.257. The van der Waals surface area contributed by atoms with Crippen LogP contribution >= 0.6 is 11.6 Å². The first-order chi connectivity index (χ1) is 7.77. The molecule has 1 aromatic carbocycles. The average Bonchev–Trinajstić information content (AvgIpc) is 2.75. The number of ether oxygens (including phenoxy) is 1. The standard InChI is InChI=1S/C12H15ClFNO/c13-11-4-1-5-12(14)10(11)8-15-7-9-3-2-6-16-9/h1,4-5,9,15H,2-3,6-8H2/t9-/m1/s1. The number of rotatable bonds is 4. The Morgan fingerprint density at radius 1 is 1.50 bits per heavy atom. The molecule has 1 fully saturated rings. The highest BCUT2D eigenvalue weighted by Gasteiger charge is 2.15. The van der Waals surface area contributed by atoms with Crippen LogP contribution in [0.3, 0.4) is 0 Å². The molecule has 1 aliphatic rings. The van der Waals surface area contributed by atoms with Gasteiger partial charge in [0.1, 0.15) is 5.82 Å². The Hall–Kier alpha value is -0.640. The lowest BCUT2D eigenvalue weighted by Gasteiger charge is -2.11. The third kappa shape index (κ3) is 2.94. The highest BCUT2D eigenvalue weighted by Crippen LogP contribution is 2.18. The largest absolute Gasteiger partial charge is 0.377 e. The van der Waals surface area contributed by atoms with Gasteiger partial charge >= 0.3 is 0 Å². The number of hydrogen-bond acceptors (Lipinski definition) is 2. The summed E-state index contributed by atoms with van der Waals surface area (Å²) < 4.78 is 18.9. The zero-order valence-corrected chi connectivity index (χ0v) is 9.77. The van der Waals surface area contributed by atoms with Gasteiger partial charge in [-0.2, -0.15) is 0 Å². The smallest absolute Gasteiger partial charge is 0.129 e. The lowest BCUT2D eigenvalue weighted by Crippen LogP contribution is -2.26. The van der Waals surface area contributed by atoms with Gasteiger partial charge in [0.2, 0.25) is 0 Å². The normalized spacial score (nSPS) is 20.2. The Balaban J connectivity index is 1.84. The van der Waals surface area contributed by atoms with Gasteiger partial charge in [-0.25, -0.2) is 4.39 Å². The molecule has 0 aliphatic carbocycles. The van der Waals surface area contributed by atoms with Crippen LogP contribution in [0.15, 0.2) is 18.2 Å². The number of nitrogens with one attached hydrogen (secondary N) is 1. The summed E-state index contributed by atoms with van der Waals surface area (Å²) >= 11 is 5.91. The van der Waals surface area contributed by atoms with Crippen LogP contribution in [-0.4, -0.2) is 19.3 Å². The van der Waals surface area contributed by atoms with Crippen molar-refractivity contribution < 1.29 is 9.13 Å². The minimum atomic E-state index is -0.257. The molecule has 2 nitrogen and oxygen atoms in total. The van der Waals surface area contributed by atoms with Gasteiger partial charge in [0, 0.05) is 30.3 Å². The van der Waals surface area contributed by atoms with Crippen molar-refractivity contribution in [1.82, 2.24) is 5.32 Å². The van der Waals surface area contributed by atoms with E-state index in [1.165, 1.54) is 6.07 Å².